The normalized spacial score (nSPS) is 11.5. The Hall–Kier alpha value is -7.62. The van der Waals surface area contributed by atoms with E-state index in [9.17, 15) is 0 Å². The van der Waals surface area contributed by atoms with Crippen molar-refractivity contribution in [2.75, 3.05) is 4.90 Å². The minimum atomic E-state index is 0.859. The summed E-state index contributed by atoms with van der Waals surface area (Å²) in [6.45, 7) is 0. The third kappa shape index (κ3) is 5.51. The van der Waals surface area contributed by atoms with Crippen molar-refractivity contribution >= 4 is 60.8 Å². The zero-order chi connectivity index (χ0) is 37.7. The summed E-state index contributed by atoms with van der Waals surface area (Å²) < 4.78 is 8.90. The van der Waals surface area contributed by atoms with Crippen molar-refractivity contribution in [1.29, 1.82) is 0 Å². The Labute approximate surface area is 330 Å². The number of para-hydroxylation sites is 3. The Kier molecular flexibility index (Phi) is 7.82. The van der Waals surface area contributed by atoms with Gasteiger partial charge in [0.05, 0.1) is 27.8 Å². The molecular weight excluding hydrogens is 693 g/mol. The molecule has 0 aliphatic heterocycles. The Morgan fingerprint density at radius 1 is 0.351 bits per heavy atom. The molecule has 2 heterocycles. The smallest absolute Gasteiger partial charge is 0.137 e. The molecule has 0 fully saturated rings. The third-order valence-electron chi connectivity index (χ3n) is 11.2. The molecule has 0 saturated heterocycles. The molecule has 3 heteroatoms. The lowest BCUT2D eigenvalue weighted by atomic mass is 9.96. The van der Waals surface area contributed by atoms with Crippen LogP contribution >= 0.6 is 0 Å². The Morgan fingerprint density at radius 2 is 0.965 bits per heavy atom. The number of nitrogens with zero attached hydrogens (tertiary/aromatic N) is 2. The molecule has 11 rings (SSSR count). The highest BCUT2D eigenvalue weighted by Gasteiger charge is 2.24. The summed E-state index contributed by atoms with van der Waals surface area (Å²) in [6, 6.07) is 78.1. The van der Waals surface area contributed by atoms with E-state index in [0.717, 1.165) is 66.8 Å². The molecule has 268 valence electrons. The topological polar surface area (TPSA) is 21.3 Å². The van der Waals surface area contributed by atoms with E-state index >= 15 is 0 Å². The van der Waals surface area contributed by atoms with Crippen molar-refractivity contribution in [2.45, 2.75) is 0 Å². The van der Waals surface area contributed by atoms with E-state index in [1.807, 2.05) is 6.07 Å². The quantitative estimate of drug-likeness (QED) is 0.163. The highest BCUT2D eigenvalue weighted by atomic mass is 16.3. The Balaban J connectivity index is 1.21. The van der Waals surface area contributed by atoms with Crippen LogP contribution in [0.4, 0.5) is 17.1 Å². The van der Waals surface area contributed by atoms with Crippen molar-refractivity contribution in [2.24, 2.45) is 0 Å². The lowest BCUT2D eigenvalue weighted by molar-refractivity contribution is 0.669. The van der Waals surface area contributed by atoms with Crippen LogP contribution in [0.25, 0.3) is 82.8 Å². The number of rotatable bonds is 7. The summed E-state index contributed by atoms with van der Waals surface area (Å²) in [4.78, 5) is 2.42. The summed E-state index contributed by atoms with van der Waals surface area (Å²) in [5.41, 5.74) is 15.4. The summed E-state index contributed by atoms with van der Waals surface area (Å²) in [5.74, 6) is 0. The van der Waals surface area contributed by atoms with E-state index < -0.39 is 0 Å². The first-order chi connectivity index (χ1) is 28.3. The van der Waals surface area contributed by atoms with Gasteiger partial charge in [-0.2, -0.15) is 0 Å². The van der Waals surface area contributed by atoms with Crippen LogP contribution in [0, 0.1) is 0 Å². The summed E-state index contributed by atoms with van der Waals surface area (Å²) in [7, 11) is 0. The van der Waals surface area contributed by atoms with E-state index in [2.05, 4.69) is 222 Å². The molecule has 0 aliphatic rings. The van der Waals surface area contributed by atoms with Gasteiger partial charge in [0.2, 0.25) is 0 Å². The van der Waals surface area contributed by atoms with Crippen LogP contribution in [0.1, 0.15) is 0 Å². The number of hydrogen-bond acceptors (Lipinski definition) is 2. The van der Waals surface area contributed by atoms with Gasteiger partial charge in [-0.1, -0.05) is 158 Å². The maximum absolute atomic E-state index is 6.48. The summed E-state index contributed by atoms with van der Waals surface area (Å²) >= 11 is 0. The molecule has 0 radical (unpaired) electrons. The second-order valence-electron chi connectivity index (χ2n) is 14.5. The molecule has 0 amide bonds. The molecule has 0 bridgehead atoms. The highest BCUT2D eigenvalue weighted by Crippen LogP contribution is 2.48. The fourth-order valence-corrected chi connectivity index (χ4v) is 8.67. The molecule has 11 aromatic rings. The van der Waals surface area contributed by atoms with Crippen LogP contribution in [-0.2, 0) is 0 Å². The molecule has 57 heavy (non-hydrogen) atoms. The Morgan fingerprint density at radius 3 is 1.81 bits per heavy atom. The van der Waals surface area contributed by atoms with Gasteiger partial charge in [-0.3, -0.25) is 0 Å². The molecule has 0 aliphatic carbocycles. The summed E-state index contributed by atoms with van der Waals surface area (Å²) in [6.07, 6.45) is 0. The van der Waals surface area contributed by atoms with Crippen molar-refractivity contribution in [3.05, 3.63) is 218 Å². The molecule has 0 N–H and O–H groups in total. The van der Waals surface area contributed by atoms with E-state index in [0.29, 0.717) is 0 Å². The maximum Gasteiger partial charge on any atom is 0.137 e. The fraction of sp³-hybridized carbons (Fsp3) is 0. The SMILES string of the molecule is c1ccc(-c2cccc(-c3cccc4c3c3ccc(N(c5ccccc5-c5ccccc5)c5cccc6oc7ccccc7c56)cc3n4-c3ccccc3)c2)cc1. The van der Waals surface area contributed by atoms with Gasteiger partial charge >= 0.3 is 0 Å². The van der Waals surface area contributed by atoms with Gasteiger partial charge < -0.3 is 13.9 Å². The van der Waals surface area contributed by atoms with Crippen molar-refractivity contribution in [1.82, 2.24) is 4.57 Å². The van der Waals surface area contributed by atoms with E-state index in [4.69, 9.17) is 4.42 Å². The molecule has 0 spiro atoms. The number of fused-ring (bicyclic) bond motifs is 6. The average Bonchev–Trinajstić information content (AvgIpc) is 3.84. The van der Waals surface area contributed by atoms with E-state index in [1.165, 1.54) is 33.0 Å². The number of aromatic nitrogens is 1. The molecule has 0 saturated carbocycles. The molecule has 0 atom stereocenters. The van der Waals surface area contributed by atoms with Gasteiger partial charge in [-0.15, -0.1) is 0 Å². The minimum absolute atomic E-state index is 0.859. The third-order valence-corrected chi connectivity index (χ3v) is 11.2. The largest absolute Gasteiger partial charge is 0.456 e. The maximum atomic E-state index is 6.48. The van der Waals surface area contributed by atoms with Gasteiger partial charge in [-0.05, 0) is 88.5 Å². The number of anilines is 3. The van der Waals surface area contributed by atoms with Gasteiger partial charge in [0.1, 0.15) is 11.2 Å². The van der Waals surface area contributed by atoms with E-state index in [1.54, 1.807) is 0 Å². The van der Waals surface area contributed by atoms with Crippen LogP contribution < -0.4 is 4.90 Å². The molecule has 2 aromatic heterocycles. The Bertz CT molecular complexity index is 3230. The lowest BCUT2D eigenvalue weighted by Gasteiger charge is -2.28. The second-order valence-corrected chi connectivity index (χ2v) is 14.5. The minimum Gasteiger partial charge on any atom is -0.456 e. The zero-order valence-corrected chi connectivity index (χ0v) is 31.1. The lowest BCUT2D eigenvalue weighted by Crippen LogP contribution is -2.11. The van der Waals surface area contributed by atoms with Gasteiger partial charge in [-0.25, -0.2) is 0 Å². The van der Waals surface area contributed by atoms with Crippen LogP contribution in [0.2, 0.25) is 0 Å². The van der Waals surface area contributed by atoms with Gasteiger partial charge in [0.25, 0.3) is 0 Å². The monoisotopic (exact) mass is 728 g/mol. The molecule has 3 nitrogen and oxygen atoms in total. The van der Waals surface area contributed by atoms with E-state index in [-0.39, 0.29) is 0 Å². The standard InChI is InChI=1S/C54H36N2O/c1-4-17-37(18-5-1)39-21-14-22-40(35-39)44-27-15-29-48-53(44)45-34-33-42(36-50(45)55(48)41-23-8-3-9-24-41)56(47-28-12-10-25-43(47)38-19-6-2-7-20-38)49-30-16-32-52-54(49)46-26-11-13-31-51(46)57-52/h1-36H. The van der Waals surface area contributed by atoms with Crippen LogP contribution in [0.15, 0.2) is 223 Å². The molecule has 0 unspecified atom stereocenters. The van der Waals surface area contributed by atoms with Crippen LogP contribution in [0.5, 0.6) is 0 Å². The predicted molar refractivity (Wildman–Crippen MR) is 239 cm³/mol. The first kappa shape index (κ1) is 32.8. The van der Waals surface area contributed by atoms with Crippen molar-refractivity contribution in [3.8, 4) is 39.1 Å². The fourth-order valence-electron chi connectivity index (χ4n) is 8.67. The highest BCUT2D eigenvalue weighted by molar-refractivity contribution is 6.18. The average molecular weight is 729 g/mol. The van der Waals surface area contributed by atoms with Gasteiger partial charge in [0.15, 0.2) is 0 Å². The zero-order valence-electron chi connectivity index (χ0n) is 31.1. The van der Waals surface area contributed by atoms with Crippen molar-refractivity contribution < 1.29 is 4.42 Å². The van der Waals surface area contributed by atoms with Crippen molar-refractivity contribution in [3.63, 3.8) is 0 Å². The number of furan rings is 1. The molecular formula is C54H36N2O. The number of hydrogen-bond donors (Lipinski definition) is 0. The van der Waals surface area contributed by atoms with Crippen LogP contribution in [-0.4, -0.2) is 4.57 Å². The summed E-state index contributed by atoms with van der Waals surface area (Å²) in [5, 5.41) is 4.60. The van der Waals surface area contributed by atoms with Crippen LogP contribution in [0.3, 0.4) is 0 Å². The molecule has 9 aromatic carbocycles. The van der Waals surface area contributed by atoms with Gasteiger partial charge in [0, 0.05) is 33.1 Å². The first-order valence-electron chi connectivity index (χ1n) is 19.4. The first-order valence-corrected chi connectivity index (χ1v) is 19.4. The predicted octanol–water partition coefficient (Wildman–Crippen LogP) is 15.2. The number of benzene rings is 9. The second kappa shape index (κ2) is 13.6.